The standard InChI is InChI=1S/C5H14N2O3S/c1-9-5(10-2)4-7-11(3,6)8/h5H,4H2,1-3H3,(H2,6,7,8). The molecule has 0 bridgehead atoms. The SMILES string of the molecule is COC(CNS(C)(=N)=O)OC. The minimum Gasteiger partial charge on any atom is -0.355 e. The topological polar surface area (TPSA) is 71.4 Å². The molecular formula is C5H14N2O3S. The first-order valence-electron chi connectivity index (χ1n) is 3.03. The van der Waals surface area contributed by atoms with Crippen molar-refractivity contribution in [3.8, 4) is 0 Å². The second-order valence-electron chi connectivity index (χ2n) is 2.09. The predicted molar refractivity (Wildman–Crippen MR) is 42.6 cm³/mol. The highest BCUT2D eigenvalue weighted by molar-refractivity contribution is 7.89. The van der Waals surface area contributed by atoms with E-state index in [0.29, 0.717) is 0 Å². The van der Waals surface area contributed by atoms with Crippen LogP contribution in [0.3, 0.4) is 0 Å². The average Bonchev–Trinajstić information content (AvgIpc) is 1.88. The molecule has 0 aromatic carbocycles. The van der Waals surface area contributed by atoms with E-state index in [0.717, 1.165) is 0 Å². The first kappa shape index (κ1) is 10.8. The van der Waals surface area contributed by atoms with Crippen molar-refractivity contribution in [3.63, 3.8) is 0 Å². The molecule has 0 aliphatic heterocycles. The van der Waals surface area contributed by atoms with Crippen molar-refractivity contribution >= 4 is 9.92 Å². The summed E-state index contributed by atoms with van der Waals surface area (Å²) in [6.45, 7) is 0.256. The summed E-state index contributed by atoms with van der Waals surface area (Å²) in [7, 11) is 0.317. The maximum Gasteiger partial charge on any atom is 0.170 e. The maximum absolute atomic E-state index is 10.8. The van der Waals surface area contributed by atoms with E-state index in [4.69, 9.17) is 14.3 Å². The average molecular weight is 182 g/mol. The van der Waals surface area contributed by atoms with Gasteiger partial charge in [0.05, 0.1) is 6.54 Å². The van der Waals surface area contributed by atoms with Crippen LogP contribution in [0.15, 0.2) is 0 Å². The summed E-state index contributed by atoms with van der Waals surface area (Å²) < 4.78 is 29.8. The molecular weight excluding hydrogens is 168 g/mol. The van der Waals surface area contributed by atoms with Gasteiger partial charge in [0.25, 0.3) is 0 Å². The largest absolute Gasteiger partial charge is 0.355 e. The molecule has 0 aromatic heterocycles. The summed E-state index contributed by atoms with van der Waals surface area (Å²) >= 11 is 0. The number of hydrogen-bond donors (Lipinski definition) is 2. The van der Waals surface area contributed by atoms with Crippen molar-refractivity contribution in [2.75, 3.05) is 27.0 Å². The minimum atomic E-state index is -2.65. The van der Waals surface area contributed by atoms with E-state index in [-0.39, 0.29) is 6.54 Å². The van der Waals surface area contributed by atoms with Crippen LogP contribution in [0.5, 0.6) is 0 Å². The van der Waals surface area contributed by atoms with Crippen molar-refractivity contribution in [3.05, 3.63) is 0 Å². The van der Waals surface area contributed by atoms with Gasteiger partial charge in [-0.05, 0) is 0 Å². The fraction of sp³-hybridized carbons (Fsp3) is 1.00. The summed E-state index contributed by atoms with van der Waals surface area (Å²) in [5, 5.41) is 0. The van der Waals surface area contributed by atoms with E-state index in [9.17, 15) is 4.21 Å². The molecule has 0 aliphatic carbocycles. The van der Waals surface area contributed by atoms with Gasteiger partial charge in [0, 0.05) is 20.5 Å². The van der Waals surface area contributed by atoms with Gasteiger partial charge in [-0.2, -0.15) is 0 Å². The van der Waals surface area contributed by atoms with Crippen LogP contribution in [0.2, 0.25) is 0 Å². The monoisotopic (exact) mass is 182 g/mol. The Labute approximate surface area is 67.2 Å². The molecule has 68 valence electrons. The maximum atomic E-state index is 10.8. The molecule has 0 saturated heterocycles. The normalized spacial score (nSPS) is 16.7. The van der Waals surface area contributed by atoms with Crippen LogP contribution >= 0.6 is 0 Å². The Morgan fingerprint density at radius 3 is 2.27 bits per heavy atom. The van der Waals surface area contributed by atoms with Crippen LogP contribution in [0.4, 0.5) is 0 Å². The minimum absolute atomic E-state index is 0.256. The smallest absolute Gasteiger partial charge is 0.170 e. The Hall–Kier alpha value is -0.170. The molecule has 0 aliphatic rings. The highest BCUT2D eigenvalue weighted by Gasteiger charge is 2.05. The van der Waals surface area contributed by atoms with Gasteiger partial charge in [-0.25, -0.2) is 13.7 Å². The van der Waals surface area contributed by atoms with E-state index < -0.39 is 16.2 Å². The first-order chi connectivity index (χ1) is 4.99. The molecule has 0 radical (unpaired) electrons. The molecule has 1 atom stereocenters. The summed E-state index contributed by atoms with van der Waals surface area (Å²) in [5.41, 5.74) is 0. The third kappa shape index (κ3) is 6.24. The quantitative estimate of drug-likeness (QED) is 0.578. The van der Waals surface area contributed by atoms with Gasteiger partial charge in [-0.1, -0.05) is 0 Å². The van der Waals surface area contributed by atoms with Crippen LogP contribution in [-0.2, 0) is 19.4 Å². The van der Waals surface area contributed by atoms with Crippen molar-refractivity contribution in [1.82, 2.24) is 4.72 Å². The van der Waals surface area contributed by atoms with E-state index >= 15 is 0 Å². The van der Waals surface area contributed by atoms with Gasteiger partial charge in [-0.3, -0.25) is 0 Å². The molecule has 0 rings (SSSR count). The Balaban J connectivity index is 3.69. The van der Waals surface area contributed by atoms with Crippen LogP contribution in [0.25, 0.3) is 0 Å². The third-order valence-corrected chi connectivity index (χ3v) is 1.77. The van der Waals surface area contributed by atoms with E-state index in [2.05, 4.69) is 4.72 Å². The van der Waals surface area contributed by atoms with E-state index in [1.54, 1.807) is 0 Å². The van der Waals surface area contributed by atoms with Gasteiger partial charge >= 0.3 is 0 Å². The number of ether oxygens (including phenoxy) is 2. The van der Waals surface area contributed by atoms with E-state index in [1.807, 2.05) is 0 Å². The molecule has 0 spiro atoms. The molecule has 0 saturated carbocycles. The van der Waals surface area contributed by atoms with Crippen molar-refractivity contribution in [2.45, 2.75) is 6.29 Å². The zero-order valence-corrected chi connectivity index (χ0v) is 7.73. The van der Waals surface area contributed by atoms with Gasteiger partial charge in [0.2, 0.25) is 0 Å². The second-order valence-corrected chi connectivity index (χ2v) is 4.07. The van der Waals surface area contributed by atoms with Crippen LogP contribution in [0, 0.1) is 4.78 Å². The molecule has 11 heavy (non-hydrogen) atoms. The van der Waals surface area contributed by atoms with Crippen LogP contribution < -0.4 is 4.72 Å². The lowest BCUT2D eigenvalue weighted by Gasteiger charge is -2.13. The van der Waals surface area contributed by atoms with Crippen molar-refractivity contribution < 1.29 is 13.7 Å². The Kier molecular flexibility index (Phi) is 4.58. The number of hydrogen-bond acceptors (Lipinski definition) is 4. The number of nitrogens with one attached hydrogen (secondary N) is 2. The molecule has 0 heterocycles. The highest BCUT2D eigenvalue weighted by atomic mass is 32.2. The van der Waals surface area contributed by atoms with Gasteiger partial charge in [0.15, 0.2) is 6.29 Å². The zero-order chi connectivity index (χ0) is 8.91. The Bertz CT molecular complexity index is 186. The molecule has 0 aromatic rings. The fourth-order valence-corrected chi connectivity index (χ4v) is 0.944. The third-order valence-electron chi connectivity index (χ3n) is 1.05. The zero-order valence-electron chi connectivity index (χ0n) is 6.92. The lowest BCUT2D eigenvalue weighted by molar-refractivity contribution is -0.0959. The molecule has 0 fully saturated rings. The highest BCUT2D eigenvalue weighted by Crippen LogP contribution is 1.88. The molecule has 1 unspecified atom stereocenters. The van der Waals surface area contributed by atoms with Crippen molar-refractivity contribution in [1.29, 1.82) is 4.78 Å². The number of methoxy groups -OCH3 is 2. The predicted octanol–water partition coefficient (Wildman–Crippen LogP) is -0.214. The van der Waals surface area contributed by atoms with Gasteiger partial charge < -0.3 is 9.47 Å². The summed E-state index contributed by atoms with van der Waals surface area (Å²) in [6.07, 6.45) is 0.858. The second kappa shape index (κ2) is 4.66. The lowest BCUT2D eigenvalue weighted by Crippen LogP contribution is -2.32. The Morgan fingerprint density at radius 1 is 1.55 bits per heavy atom. The first-order valence-corrected chi connectivity index (χ1v) is 5.00. The number of rotatable bonds is 5. The molecule has 5 nitrogen and oxygen atoms in total. The molecule has 2 N–H and O–H groups in total. The summed E-state index contributed by atoms with van der Waals surface area (Å²) in [5.74, 6) is 0. The van der Waals surface area contributed by atoms with Crippen LogP contribution in [-0.4, -0.2) is 37.5 Å². The van der Waals surface area contributed by atoms with Gasteiger partial charge in [0.1, 0.15) is 9.92 Å². The van der Waals surface area contributed by atoms with Gasteiger partial charge in [-0.15, -0.1) is 0 Å². The molecule has 6 heteroatoms. The Morgan fingerprint density at radius 2 is 2.00 bits per heavy atom. The molecule has 0 amide bonds. The lowest BCUT2D eigenvalue weighted by atomic mass is 10.6. The van der Waals surface area contributed by atoms with E-state index in [1.165, 1.54) is 20.5 Å². The van der Waals surface area contributed by atoms with Crippen molar-refractivity contribution in [2.24, 2.45) is 0 Å². The fourth-order valence-electron chi connectivity index (χ4n) is 0.490. The summed E-state index contributed by atoms with van der Waals surface area (Å²) in [4.78, 5) is 0. The van der Waals surface area contributed by atoms with Crippen LogP contribution in [0.1, 0.15) is 0 Å². The summed E-state index contributed by atoms with van der Waals surface area (Å²) in [6, 6.07) is 0.